The third kappa shape index (κ3) is 6.30. The SMILES string of the molecule is COC(=O)[C@@H](Cc1ccc(-c2ccccc2)cc1)NC(=O)[C@H]1CCCN1C(=O)OCc1ccccc1. The number of rotatable bonds is 8. The first-order chi connectivity index (χ1) is 17.5. The first-order valence-electron chi connectivity index (χ1n) is 12.0. The van der Waals surface area contributed by atoms with Crippen molar-refractivity contribution < 1.29 is 23.9 Å². The second-order valence-corrected chi connectivity index (χ2v) is 8.74. The Hall–Kier alpha value is -4.13. The van der Waals surface area contributed by atoms with Crippen molar-refractivity contribution in [3.8, 4) is 11.1 Å². The number of likely N-dealkylation sites (tertiary alicyclic amines) is 1. The molecule has 7 nitrogen and oxygen atoms in total. The molecule has 0 unspecified atom stereocenters. The van der Waals surface area contributed by atoms with Gasteiger partial charge in [-0.3, -0.25) is 9.69 Å². The van der Waals surface area contributed by atoms with Crippen molar-refractivity contribution in [2.75, 3.05) is 13.7 Å². The lowest BCUT2D eigenvalue weighted by Gasteiger charge is -2.25. The van der Waals surface area contributed by atoms with E-state index in [4.69, 9.17) is 9.47 Å². The third-order valence-electron chi connectivity index (χ3n) is 6.30. The molecule has 1 aliphatic heterocycles. The van der Waals surface area contributed by atoms with E-state index in [1.807, 2.05) is 84.9 Å². The van der Waals surface area contributed by atoms with Gasteiger partial charge in [-0.15, -0.1) is 0 Å². The predicted molar refractivity (Wildman–Crippen MR) is 136 cm³/mol. The highest BCUT2D eigenvalue weighted by Crippen LogP contribution is 2.21. The Kier molecular flexibility index (Phi) is 8.34. The van der Waals surface area contributed by atoms with Gasteiger partial charge in [0.1, 0.15) is 18.7 Å². The van der Waals surface area contributed by atoms with Gasteiger partial charge in [-0.2, -0.15) is 0 Å². The third-order valence-corrected chi connectivity index (χ3v) is 6.30. The van der Waals surface area contributed by atoms with Gasteiger partial charge in [0, 0.05) is 13.0 Å². The minimum atomic E-state index is -0.868. The van der Waals surface area contributed by atoms with Crippen molar-refractivity contribution in [1.82, 2.24) is 10.2 Å². The van der Waals surface area contributed by atoms with Crippen LogP contribution in [0.3, 0.4) is 0 Å². The van der Waals surface area contributed by atoms with E-state index in [2.05, 4.69) is 5.32 Å². The summed E-state index contributed by atoms with van der Waals surface area (Å²) >= 11 is 0. The molecule has 3 aromatic rings. The van der Waals surface area contributed by atoms with Crippen LogP contribution in [-0.4, -0.2) is 48.6 Å². The van der Waals surface area contributed by atoms with Gasteiger partial charge in [0.25, 0.3) is 0 Å². The number of ether oxygens (including phenoxy) is 2. The molecule has 0 radical (unpaired) electrons. The molecule has 7 heteroatoms. The van der Waals surface area contributed by atoms with E-state index in [-0.39, 0.29) is 18.9 Å². The molecule has 0 aromatic heterocycles. The first kappa shape index (κ1) is 25.0. The van der Waals surface area contributed by atoms with Crippen molar-refractivity contribution in [2.24, 2.45) is 0 Å². The van der Waals surface area contributed by atoms with E-state index < -0.39 is 24.1 Å². The molecule has 0 spiro atoms. The van der Waals surface area contributed by atoms with Crippen LogP contribution in [-0.2, 0) is 32.1 Å². The van der Waals surface area contributed by atoms with Crippen molar-refractivity contribution in [2.45, 2.75) is 38.0 Å². The van der Waals surface area contributed by atoms with Gasteiger partial charge in [-0.1, -0.05) is 84.9 Å². The molecule has 1 aliphatic rings. The fourth-order valence-corrected chi connectivity index (χ4v) is 4.36. The van der Waals surface area contributed by atoms with Gasteiger partial charge in [-0.25, -0.2) is 9.59 Å². The number of hydrogen-bond donors (Lipinski definition) is 1. The van der Waals surface area contributed by atoms with E-state index in [9.17, 15) is 14.4 Å². The van der Waals surface area contributed by atoms with E-state index >= 15 is 0 Å². The van der Waals surface area contributed by atoms with Gasteiger partial charge in [0.15, 0.2) is 0 Å². The second kappa shape index (κ2) is 12.0. The maximum atomic E-state index is 13.1. The average molecular weight is 487 g/mol. The van der Waals surface area contributed by atoms with E-state index in [0.29, 0.717) is 19.4 Å². The summed E-state index contributed by atoms with van der Waals surface area (Å²) in [4.78, 5) is 39.7. The fourth-order valence-electron chi connectivity index (χ4n) is 4.36. The van der Waals surface area contributed by atoms with E-state index in [1.165, 1.54) is 12.0 Å². The molecule has 36 heavy (non-hydrogen) atoms. The number of nitrogens with zero attached hydrogens (tertiary/aromatic N) is 1. The summed E-state index contributed by atoms with van der Waals surface area (Å²) in [5.74, 6) is -0.924. The minimum absolute atomic E-state index is 0.133. The smallest absolute Gasteiger partial charge is 0.410 e. The Bertz CT molecular complexity index is 1170. The second-order valence-electron chi connectivity index (χ2n) is 8.74. The summed E-state index contributed by atoms with van der Waals surface area (Å²) in [7, 11) is 1.29. The highest BCUT2D eigenvalue weighted by Gasteiger charge is 2.37. The Morgan fingerprint density at radius 1 is 0.889 bits per heavy atom. The van der Waals surface area contributed by atoms with Crippen molar-refractivity contribution >= 4 is 18.0 Å². The van der Waals surface area contributed by atoms with Gasteiger partial charge in [0.05, 0.1) is 7.11 Å². The molecule has 0 saturated carbocycles. The first-order valence-corrected chi connectivity index (χ1v) is 12.0. The molecule has 4 rings (SSSR count). The summed E-state index contributed by atoms with van der Waals surface area (Å²) in [6.07, 6.45) is 0.926. The number of benzene rings is 3. The normalized spacial score (nSPS) is 15.7. The van der Waals surface area contributed by atoms with Gasteiger partial charge in [0.2, 0.25) is 5.91 Å². The molecule has 2 amide bonds. The number of nitrogens with one attached hydrogen (secondary N) is 1. The predicted octanol–water partition coefficient (Wildman–Crippen LogP) is 4.36. The molecular formula is C29H30N2O5. The van der Waals surface area contributed by atoms with Crippen LogP contribution in [0.5, 0.6) is 0 Å². The monoisotopic (exact) mass is 486 g/mol. The number of carbonyl (C=O) groups excluding carboxylic acids is 3. The van der Waals surface area contributed by atoms with Crippen molar-refractivity contribution in [3.63, 3.8) is 0 Å². The summed E-state index contributed by atoms with van der Waals surface area (Å²) in [5.41, 5.74) is 3.92. The summed E-state index contributed by atoms with van der Waals surface area (Å²) in [6.45, 7) is 0.559. The molecule has 1 saturated heterocycles. The van der Waals surface area contributed by atoms with Crippen LogP contribution in [0.4, 0.5) is 4.79 Å². The quantitative estimate of drug-likeness (QED) is 0.479. The lowest BCUT2D eigenvalue weighted by atomic mass is 10.0. The maximum absolute atomic E-state index is 13.1. The number of carbonyl (C=O) groups is 3. The largest absolute Gasteiger partial charge is 0.467 e. The highest BCUT2D eigenvalue weighted by molar-refractivity contribution is 5.90. The van der Waals surface area contributed by atoms with Crippen LogP contribution >= 0.6 is 0 Å². The standard InChI is InChI=1S/C29H30N2O5/c1-35-28(33)25(19-21-14-16-24(17-15-21)23-11-6-3-7-12-23)30-27(32)26-13-8-18-31(26)29(34)36-20-22-9-4-2-5-10-22/h2-7,9-12,14-17,25-26H,8,13,18-20H2,1H3,(H,30,32)/t25-,26-/m1/s1. The highest BCUT2D eigenvalue weighted by atomic mass is 16.6. The van der Waals surface area contributed by atoms with Crippen LogP contribution in [0.15, 0.2) is 84.9 Å². The Balaban J connectivity index is 1.38. The van der Waals surface area contributed by atoms with Crippen LogP contribution in [0.25, 0.3) is 11.1 Å². The average Bonchev–Trinajstić information content (AvgIpc) is 3.43. The van der Waals surface area contributed by atoms with Crippen molar-refractivity contribution in [3.05, 3.63) is 96.1 Å². The molecule has 2 atom stereocenters. The van der Waals surface area contributed by atoms with Crippen LogP contribution < -0.4 is 5.32 Å². The molecule has 186 valence electrons. The fraction of sp³-hybridized carbons (Fsp3) is 0.276. The van der Waals surface area contributed by atoms with E-state index in [1.54, 1.807) is 0 Å². The Morgan fingerprint density at radius 2 is 1.53 bits per heavy atom. The Labute approximate surface area is 211 Å². The zero-order valence-electron chi connectivity index (χ0n) is 20.3. The maximum Gasteiger partial charge on any atom is 0.410 e. The topological polar surface area (TPSA) is 84.9 Å². The van der Waals surface area contributed by atoms with Gasteiger partial charge < -0.3 is 14.8 Å². The van der Waals surface area contributed by atoms with Crippen LogP contribution in [0.1, 0.15) is 24.0 Å². The van der Waals surface area contributed by atoms with Gasteiger partial charge >= 0.3 is 12.1 Å². The number of esters is 1. The number of hydrogen-bond acceptors (Lipinski definition) is 5. The lowest BCUT2D eigenvalue weighted by Crippen LogP contribution is -2.51. The van der Waals surface area contributed by atoms with Crippen LogP contribution in [0, 0.1) is 0 Å². The van der Waals surface area contributed by atoms with Crippen molar-refractivity contribution in [1.29, 1.82) is 0 Å². The Morgan fingerprint density at radius 3 is 2.19 bits per heavy atom. The molecule has 0 aliphatic carbocycles. The summed E-state index contributed by atoms with van der Waals surface area (Å²) < 4.78 is 10.4. The summed E-state index contributed by atoms with van der Waals surface area (Å²) in [6, 6.07) is 25.7. The number of methoxy groups -OCH3 is 1. The van der Waals surface area contributed by atoms with Gasteiger partial charge in [-0.05, 0) is 35.1 Å². The van der Waals surface area contributed by atoms with E-state index in [0.717, 1.165) is 22.3 Å². The molecular weight excluding hydrogens is 456 g/mol. The molecule has 1 heterocycles. The molecule has 1 N–H and O–H groups in total. The number of amides is 2. The molecule has 3 aromatic carbocycles. The minimum Gasteiger partial charge on any atom is -0.467 e. The zero-order valence-corrected chi connectivity index (χ0v) is 20.3. The summed E-state index contributed by atoms with van der Waals surface area (Å²) in [5, 5.41) is 2.80. The van der Waals surface area contributed by atoms with Crippen LogP contribution in [0.2, 0.25) is 0 Å². The zero-order chi connectivity index (χ0) is 25.3. The molecule has 1 fully saturated rings. The molecule has 0 bridgehead atoms. The lowest BCUT2D eigenvalue weighted by molar-refractivity contribution is -0.145.